The zero-order valence-corrected chi connectivity index (χ0v) is 17.9. The second-order valence-electron chi connectivity index (χ2n) is 6.90. The van der Waals surface area contributed by atoms with Gasteiger partial charge in [-0.2, -0.15) is 0 Å². The first-order chi connectivity index (χ1) is 14.4. The molecule has 0 N–H and O–H groups in total. The topological polar surface area (TPSA) is 0 Å². The third-order valence-corrected chi connectivity index (χ3v) is 7.40. The molecule has 0 saturated carbocycles. The van der Waals surface area contributed by atoms with Crippen LogP contribution in [0.2, 0.25) is 0 Å². The maximum Gasteiger partial charge on any atom is 0.0358 e. The predicted molar refractivity (Wildman–Crippen MR) is 128 cm³/mol. The van der Waals surface area contributed by atoms with Crippen molar-refractivity contribution in [1.29, 1.82) is 0 Å². The van der Waals surface area contributed by atoms with Crippen molar-refractivity contribution >= 4 is 23.5 Å². The molecular weight excluding hydrogens is 388 g/mol. The Balaban J connectivity index is 1.64. The molecule has 4 aromatic carbocycles. The van der Waals surface area contributed by atoms with Crippen molar-refractivity contribution in [1.82, 2.24) is 0 Å². The summed E-state index contributed by atoms with van der Waals surface area (Å²) in [7, 11) is 0. The van der Waals surface area contributed by atoms with E-state index in [0.717, 1.165) is 6.42 Å². The van der Waals surface area contributed by atoms with E-state index < -0.39 is 0 Å². The fraction of sp³-hybridized carbons (Fsp3) is 0.111. The summed E-state index contributed by atoms with van der Waals surface area (Å²) >= 11 is 3.92. The third-order valence-electron chi connectivity index (χ3n) is 4.81. The van der Waals surface area contributed by atoms with Crippen LogP contribution in [-0.2, 0) is 0 Å². The summed E-state index contributed by atoms with van der Waals surface area (Å²) in [4.78, 5) is 2.63. The lowest BCUT2D eigenvalue weighted by molar-refractivity contribution is 0.785. The molecule has 0 spiro atoms. The first-order valence-corrected chi connectivity index (χ1v) is 11.7. The molecule has 29 heavy (non-hydrogen) atoms. The maximum atomic E-state index is 2.26. The molecule has 0 aromatic heterocycles. The van der Waals surface area contributed by atoms with Gasteiger partial charge in [-0.25, -0.2) is 0 Å². The highest BCUT2D eigenvalue weighted by atomic mass is 32.2. The first-order valence-electron chi connectivity index (χ1n) is 9.92. The average molecular weight is 413 g/mol. The normalized spacial score (nSPS) is 13.0. The maximum absolute atomic E-state index is 2.26. The molecule has 0 nitrogen and oxygen atoms in total. The highest BCUT2D eigenvalue weighted by molar-refractivity contribution is 8.00. The van der Waals surface area contributed by atoms with Crippen LogP contribution in [0.5, 0.6) is 0 Å². The van der Waals surface area contributed by atoms with Crippen LogP contribution in [0.25, 0.3) is 0 Å². The van der Waals surface area contributed by atoms with Crippen LogP contribution in [0.1, 0.15) is 28.0 Å². The zero-order chi connectivity index (χ0) is 19.7. The molecule has 4 rings (SSSR count). The number of hydrogen-bond donors (Lipinski definition) is 0. The van der Waals surface area contributed by atoms with Gasteiger partial charge in [-0.05, 0) is 41.8 Å². The van der Waals surface area contributed by atoms with Crippen molar-refractivity contribution < 1.29 is 0 Å². The van der Waals surface area contributed by atoms with E-state index in [4.69, 9.17) is 0 Å². The van der Waals surface area contributed by atoms with Crippen LogP contribution in [-0.4, -0.2) is 0 Å². The minimum absolute atomic E-state index is 0.389. The van der Waals surface area contributed by atoms with Gasteiger partial charge >= 0.3 is 0 Å². The largest absolute Gasteiger partial charge is 0.118 e. The smallest absolute Gasteiger partial charge is 0.0358 e. The van der Waals surface area contributed by atoms with Gasteiger partial charge in [-0.15, -0.1) is 23.5 Å². The monoisotopic (exact) mass is 412 g/mol. The molecule has 144 valence electrons. The molecule has 4 aromatic rings. The molecule has 0 amide bonds. The van der Waals surface area contributed by atoms with Crippen molar-refractivity contribution in [2.75, 3.05) is 0 Å². The molecule has 2 heteroatoms. The van der Waals surface area contributed by atoms with Gasteiger partial charge in [0.2, 0.25) is 0 Å². The van der Waals surface area contributed by atoms with Gasteiger partial charge < -0.3 is 0 Å². The van der Waals surface area contributed by atoms with Gasteiger partial charge in [0, 0.05) is 20.3 Å². The SMILES string of the molecule is c1ccc(S[C@H](C[C@@H](Sc2ccccc2)c2ccccc2)c2ccccc2)cc1. The van der Waals surface area contributed by atoms with E-state index in [1.54, 1.807) is 0 Å². The van der Waals surface area contributed by atoms with Crippen LogP contribution >= 0.6 is 23.5 Å². The lowest BCUT2D eigenvalue weighted by atomic mass is 10.0. The Kier molecular flexibility index (Phi) is 7.12. The van der Waals surface area contributed by atoms with Crippen molar-refractivity contribution in [2.24, 2.45) is 0 Å². The molecule has 0 unspecified atom stereocenters. The van der Waals surface area contributed by atoms with Gasteiger partial charge in [-0.1, -0.05) is 97.1 Å². The van der Waals surface area contributed by atoms with E-state index in [0.29, 0.717) is 10.5 Å². The molecule has 0 bridgehead atoms. The molecule has 0 aliphatic rings. The lowest BCUT2D eigenvalue weighted by Crippen LogP contribution is -2.02. The molecule has 0 saturated heterocycles. The second-order valence-corrected chi connectivity index (χ2v) is 9.45. The molecule has 0 radical (unpaired) electrons. The number of benzene rings is 4. The van der Waals surface area contributed by atoms with Crippen LogP contribution in [0.4, 0.5) is 0 Å². The first kappa shape index (κ1) is 19.9. The standard InChI is InChI=1S/C27H24S2/c1-5-13-22(14-6-1)26(28-24-17-9-3-10-18-24)21-27(23-15-7-2-8-16-23)29-25-19-11-4-12-20-25/h1-20,26-27H,21H2/t26-,27-/m1/s1. The Morgan fingerprint density at radius 1 is 0.414 bits per heavy atom. The second kappa shape index (κ2) is 10.4. The van der Waals surface area contributed by atoms with E-state index >= 15 is 0 Å². The van der Waals surface area contributed by atoms with Gasteiger partial charge in [0.15, 0.2) is 0 Å². The van der Waals surface area contributed by atoms with Gasteiger partial charge in [-0.3, -0.25) is 0 Å². The summed E-state index contributed by atoms with van der Waals surface area (Å²) in [6.45, 7) is 0. The van der Waals surface area contributed by atoms with Gasteiger partial charge in [0.1, 0.15) is 0 Å². The van der Waals surface area contributed by atoms with Gasteiger partial charge in [0.25, 0.3) is 0 Å². The van der Waals surface area contributed by atoms with Crippen LogP contribution in [0.3, 0.4) is 0 Å². The van der Waals surface area contributed by atoms with Crippen molar-refractivity contribution in [3.05, 3.63) is 132 Å². The van der Waals surface area contributed by atoms with E-state index in [-0.39, 0.29) is 0 Å². The average Bonchev–Trinajstić information content (AvgIpc) is 2.81. The Labute approximate surface area is 182 Å². The van der Waals surface area contributed by atoms with Gasteiger partial charge in [0.05, 0.1) is 0 Å². The number of rotatable bonds is 8. The third kappa shape index (κ3) is 5.79. The Hall–Kier alpha value is -2.42. The van der Waals surface area contributed by atoms with E-state index in [1.165, 1.54) is 20.9 Å². The van der Waals surface area contributed by atoms with Crippen LogP contribution in [0, 0.1) is 0 Å². The molecule has 0 heterocycles. The summed E-state index contributed by atoms with van der Waals surface area (Å²) in [5.41, 5.74) is 2.77. The zero-order valence-electron chi connectivity index (χ0n) is 16.2. The van der Waals surface area contributed by atoms with E-state index in [1.807, 2.05) is 23.5 Å². The fourth-order valence-electron chi connectivity index (χ4n) is 3.36. The number of thioether (sulfide) groups is 2. The Bertz CT molecular complexity index is 887. The molecular formula is C27H24S2. The fourth-order valence-corrected chi connectivity index (χ4v) is 5.93. The Morgan fingerprint density at radius 3 is 1.07 bits per heavy atom. The minimum atomic E-state index is 0.389. The van der Waals surface area contributed by atoms with E-state index in [2.05, 4.69) is 121 Å². The summed E-state index contributed by atoms with van der Waals surface area (Å²) in [5.74, 6) is 0. The Morgan fingerprint density at radius 2 is 0.724 bits per heavy atom. The quantitative estimate of drug-likeness (QED) is 0.266. The minimum Gasteiger partial charge on any atom is -0.118 e. The van der Waals surface area contributed by atoms with Crippen LogP contribution < -0.4 is 0 Å². The summed E-state index contributed by atoms with van der Waals surface area (Å²) in [5, 5.41) is 0.778. The summed E-state index contributed by atoms with van der Waals surface area (Å²) < 4.78 is 0. The molecule has 2 atom stereocenters. The van der Waals surface area contributed by atoms with Crippen molar-refractivity contribution in [2.45, 2.75) is 26.7 Å². The van der Waals surface area contributed by atoms with E-state index in [9.17, 15) is 0 Å². The lowest BCUT2D eigenvalue weighted by Gasteiger charge is -2.24. The van der Waals surface area contributed by atoms with Crippen molar-refractivity contribution in [3.8, 4) is 0 Å². The predicted octanol–water partition coefficient (Wildman–Crippen LogP) is 8.44. The molecule has 0 fully saturated rings. The summed E-state index contributed by atoms with van der Waals surface area (Å²) in [6.07, 6.45) is 1.06. The molecule has 0 aliphatic heterocycles. The van der Waals surface area contributed by atoms with Crippen molar-refractivity contribution in [3.63, 3.8) is 0 Å². The molecule has 0 aliphatic carbocycles. The van der Waals surface area contributed by atoms with Crippen LogP contribution in [0.15, 0.2) is 131 Å². The highest BCUT2D eigenvalue weighted by Crippen LogP contribution is 2.47. The number of hydrogen-bond acceptors (Lipinski definition) is 2. The highest BCUT2D eigenvalue weighted by Gasteiger charge is 2.22. The summed E-state index contributed by atoms with van der Waals surface area (Å²) in [6, 6.07) is 43.3.